The first-order valence-corrected chi connectivity index (χ1v) is 7.00. The first kappa shape index (κ1) is 15.0. The average Bonchev–Trinajstić information content (AvgIpc) is 2.86. The first-order valence-electron chi connectivity index (χ1n) is 6.12. The number of nitrogens with zero attached hydrogens (tertiary/aromatic N) is 1. The third-order valence-electron chi connectivity index (χ3n) is 3.01. The number of halogens is 3. The van der Waals surface area contributed by atoms with Crippen molar-refractivity contribution < 1.29 is 18.3 Å². The topological polar surface area (TPSA) is 33.1 Å². The van der Waals surface area contributed by atoms with E-state index in [1.165, 1.54) is 23.5 Å². The van der Waals surface area contributed by atoms with Crippen LogP contribution in [0.4, 0.5) is 13.2 Å². The second kappa shape index (κ2) is 5.93. The molecule has 2 rings (SSSR count). The van der Waals surface area contributed by atoms with Crippen molar-refractivity contribution >= 4 is 11.3 Å². The summed E-state index contributed by atoms with van der Waals surface area (Å²) in [4.78, 5) is 4.29. The minimum Gasteiger partial charge on any atom is -0.396 e. The van der Waals surface area contributed by atoms with Gasteiger partial charge in [-0.05, 0) is 11.6 Å². The molecule has 0 fully saturated rings. The van der Waals surface area contributed by atoms with Gasteiger partial charge < -0.3 is 5.11 Å². The Kier molecular flexibility index (Phi) is 4.45. The predicted octanol–water partition coefficient (Wildman–Crippen LogP) is 3.85. The fourth-order valence-corrected chi connectivity index (χ4v) is 2.78. The summed E-state index contributed by atoms with van der Waals surface area (Å²) >= 11 is 1.32. The van der Waals surface area contributed by atoms with Crippen molar-refractivity contribution in [3.8, 4) is 0 Å². The van der Waals surface area contributed by atoms with Gasteiger partial charge in [-0.3, -0.25) is 0 Å². The van der Waals surface area contributed by atoms with E-state index in [1.807, 2.05) is 6.92 Å². The molecule has 0 aliphatic carbocycles. The summed E-state index contributed by atoms with van der Waals surface area (Å²) in [6, 6.07) is 5.53. The van der Waals surface area contributed by atoms with E-state index in [9.17, 15) is 13.2 Å². The average molecular weight is 301 g/mol. The Hall–Kier alpha value is -1.40. The van der Waals surface area contributed by atoms with Crippen molar-refractivity contribution in [2.75, 3.05) is 6.61 Å². The number of thiazole rings is 1. The first-order chi connectivity index (χ1) is 9.41. The lowest BCUT2D eigenvalue weighted by molar-refractivity contribution is -0.138. The van der Waals surface area contributed by atoms with Gasteiger partial charge in [-0.15, -0.1) is 11.3 Å². The zero-order valence-electron chi connectivity index (χ0n) is 10.8. The Labute approximate surface area is 118 Å². The van der Waals surface area contributed by atoms with Crippen molar-refractivity contribution in [1.29, 1.82) is 0 Å². The fraction of sp³-hybridized carbons (Fsp3) is 0.357. The fourth-order valence-electron chi connectivity index (χ4n) is 1.84. The van der Waals surface area contributed by atoms with Crippen LogP contribution in [-0.2, 0) is 12.6 Å². The van der Waals surface area contributed by atoms with Crippen molar-refractivity contribution in [1.82, 2.24) is 4.98 Å². The molecule has 20 heavy (non-hydrogen) atoms. The molecule has 1 unspecified atom stereocenters. The molecule has 1 aromatic carbocycles. The molecule has 0 aliphatic rings. The molecule has 1 aromatic heterocycles. The molecule has 0 spiro atoms. The van der Waals surface area contributed by atoms with Gasteiger partial charge in [0.2, 0.25) is 0 Å². The molecule has 1 N–H and O–H groups in total. The number of aliphatic hydroxyl groups excluding tert-OH is 1. The number of aromatic nitrogens is 1. The zero-order chi connectivity index (χ0) is 14.8. The summed E-state index contributed by atoms with van der Waals surface area (Å²) in [5.41, 5.74) is 0.321. The highest BCUT2D eigenvalue weighted by molar-refractivity contribution is 7.09. The van der Waals surface area contributed by atoms with Gasteiger partial charge in [-0.2, -0.15) is 13.2 Å². The summed E-state index contributed by atoms with van der Waals surface area (Å²) in [7, 11) is 0. The maximum atomic E-state index is 12.9. The van der Waals surface area contributed by atoms with E-state index in [4.69, 9.17) is 5.11 Å². The monoisotopic (exact) mass is 301 g/mol. The van der Waals surface area contributed by atoms with Crippen LogP contribution in [0.2, 0.25) is 0 Å². The molecule has 0 saturated heterocycles. The van der Waals surface area contributed by atoms with Gasteiger partial charge in [-0.25, -0.2) is 4.98 Å². The molecule has 2 aromatic rings. The van der Waals surface area contributed by atoms with Gasteiger partial charge in [-0.1, -0.05) is 25.1 Å². The smallest absolute Gasteiger partial charge is 0.396 e. The number of benzene rings is 1. The predicted molar refractivity (Wildman–Crippen MR) is 71.9 cm³/mol. The number of alkyl halides is 3. The molecular weight excluding hydrogens is 287 g/mol. The molecule has 0 bridgehead atoms. The molecule has 0 radical (unpaired) electrons. The Morgan fingerprint density at radius 3 is 2.65 bits per heavy atom. The maximum absolute atomic E-state index is 12.9. The number of hydrogen-bond donors (Lipinski definition) is 1. The van der Waals surface area contributed by atoms with Gasteiger partial charge in [0, 0.05) is 17.7 Å². The summed E-state index contributed by atoms with van der Waals surface area (Å²) in [5, 5.41) is 11.5. The number of aliphatic hydroxyl groups is 1. The minimum absolute atomic E-state index is 0.0255. The number of hydrogen-bond acceptors (Lipinski definition) is 3. The lowest BCUT2D eigenvalue weighted by Crippen LogP contribution is -2.09. The zero-order valence-corrected chi connectivity index (χ0v) is 11.6. The van der Waals surface area contributed by atoms with E-state index in [0.717, 1.165) is 11.8 Å². The van der Waals surface area contributed by atoms with Crippen molar-refractivity contribution in [3.63, 3.8) is 0 Å². The van der Waals surface area contributed by atoms with Crippen molar-refractivity contribution in [2.24, 2.45) is 0 Å². The summed E-state index contributed by atoms with van der Waals surface area (Å²) in [6.07, 6.45) is -4.20. The Morgan fingerprint density at radius 1 is 1.30 bits per heavy atom. The maximum Gasteiger partial charge on any atom is 0.416 e. The standard InChI is InChI=1S/C14H14F3NOS/c1-9(7-19)12-8-20-13(18-12)6-10-4-2-3-5-11(10)14(15,16)17/h2-5,8-9,19H,6-7H2,1H3. The third kappa shape index (κ3) is 3.37. The van der Waals surface area contributed by atoms with Gasteiger partial charge in [0.25, 0.3) is 0 Å². The largest absolute Gasteiger partial charge is 0.416 e. The second-order valence-electron chi connectivity index (χ2n) is 4.58. The molecule has 6 heteroatoms. The highest BCUT2D eigenvalue weighted by atomic mass is 32.1. The SMILES string of the molecule is CC(CO)c1csc(Cc2ccccc2C(F)(F)F)n1. The summed E-state index contributed by atoms with van der Waals surface area (Å²) in [5.74, 6) is -0.0992. The highest BCUT2D eigenvalue weighted by Crippen LogP contribution is 2.33. The van der Waals surface area contributed by atoms with Crippen LogP contribution in [0.1, 0.15) is 34.7 Å². The molecule has 1 heterocycles. The molecular formula is C14H14F3NOS. The molecule has 1 atom stereocenters. The molecule has 0 saturated carbocycles. The van der Waals surface area contributed by atoms with Gasteiger partial charge in [0.05, 0.1) is 22.9 Å². The van der Waals surface area contributed by atoms with E-state index >= 15 is 0 Å². The van der Waals surface area contributed by atoms with E-state index < -0.39 is 11.7 Å². The second-order valence-corrected chi connectivity index (χ2v) is 5.52. The van der Waals surface area contributed by atoms with Crippen LogP contribution < -0.4 is 0 Å². The van der Waals surface area contributed by atoms with E-state index in [-0.39, 0.29) is 24.5 Å². The lowest BCUT2D eigenvalue weighted by Gasteiger charge is -2.11. The van der Waals surface area contributed by atoms with Crippen LogP contribution in [0.15, 0.2) is 29.6 Å². The van der Waals surface area contributed by atoms with Crippen LogP contribution >= 0.6 is 11.3 Å². The van der Waals surface area contributed by atoms with Crippen LogP contribution in [0, 0.1) is 0 Å². The van der Waals surface area contributed by atoms with Crippen LogP contribution in [0.3, 0.4) is 0 Å². The van der Waals surface area contributed by atoms with Crippen molar-refractivity contribution in [3.05, 3.63) is 51.5 Å². The lowest BCUT2D eigenvalue weighted by atomic mass is 10.0. The molecule has 0 aliphatic heterocycles. The van der Waals surface area contributed by atoms with E-state index in [1.54, 1.807) is 11.4 Å². The van der Waals surface area contributed by atoms with Crippen LogP contribution in [0.25, 0.3) is 0 Å². The Balaban J connectivity index is 2.25. The van der Waals surface area contributed by atoms with E-state index in [0.29, 0.717) is 5.01 Å². The Bertz CT molecular complexity index is 580. The van der Waals surface area contributed by atoms with Crippen LogP contribution in [-0.4, -0.2) is 16.7 Å². The van der Waals surface area contributed by atoms with Crippen molar-refractivity contribution in [2.45, 2.75) is 25.4 Å². The Morgan fingerprint density at radius 2 is 2.00 bits per heavy atom. The molecule has 0 amide bonds. The molecule has 2 nitrogen and oxygen atoms in total. The third-order valence-corrected chi connectivity index (χ3v) is 3.88. The summed E-state index contributed by atoms with van der Waals surface area (Å²) < 4.78 is 38.7. The van der Waals surface area contributed by atoms with Gasteiger partial charge in [0.1, 0.15) is 0 Å². The highest BCUT2D eigenvalue weighted by Gasteiger charge is 2.32. The van der Waals surface area contributed by atoms with E-state index in [2.05, 4.69) is 4.98 Å². The van der Waals surface area contributed by atoms with Crippen LogP contribution in [0.5, 0.6) is 0 Å². The summed E-state index contributed by atoms with van der Waals surface area (Å²) in [6.45, 7) is 1.80. The van der Waals surface area contributed by atoms with Gasteiger partial charge in [0.15, 0.2) is 0 Å². The molecule has 108 valence electrons. The van der Waals surface area contributed by atoms with Gasteiger partial charge >= 0.3 is 6.18 Å². The number of rotatable bonds is 4. The normalized spacial score (nSPS) is 13.4. The minimum atomic E-state index is -4.35. The quantitative estimate of drug-likeness (QED) is 0.930.